The summed E-state index contributed by atoms with van der Waals surface area (Å²) in [6.07, 6.45) is 0. The van der Waals surface area contributed by atoms with E-state index >= 15 is 0 Å². The Hall–Kier alpha value is -0.980. The van der Waals surface area contributed by atoms with Crippen LogP contribution in [0.15, 0.2) is 36.4 Å². The van der Waals surface area contributed by atoms with Crippen LogP contribution >= 0.6 is 45.8 Å². The molecule has 0 radical (unpaired) electrons. The molecule has 0 bridgehead atoms. The first-order chi connectivity index (χ1) is 8.97. The highest BCUT2D eigenvalue weighted by atomic mass is 127. The highest BCUT2D eigenvalue weighted by Crippen LogP contribution is 2.25. The average molecular weight is 407 g/mol. The van der Waals surface area contributed by atoms with Crippen molar-refractivity contribution in [2.45, 2.75) is 0 Å². The minimum Gasteiger partial charge on any atom is -0.398 e. The summed E-state index contributed by atoms with van der Waals surface area (Å²) in [5.41, 5.74) is 7.01. The van der Waals surface area contributed by atoms with Gasteiger partial charge in [0, 0.05) is 9.13 Å². The molecule has 6 heteroatoms. The van der Waals surface area contributed by atoms with Gasteiger partial charge in [-0.2, -0.15) is 0 Å². The Morgan fingerprint density at radius 3 is 2.47 bits per heavy atom. The molecule has 0 fully saturated rings. The molecule has 0 unspecified atom stereocenters. The molecule has 0 spiro atoms. The Morgan fingerprint density at radius 2 is 1.84 bits per heavy atom. The van der Waals surface area contributed by atoms with Gasteiger partial charge in [0.25, 0.3) is 5.91 Å². The first kappa shape index (κ1) is 14.4. The smallest absolute Gasteiger partial charge is 0.255 e. The first-order valence-electron chi connectivity index (χ1n) is 5.29. The maximum Gasteiger partial charge on any atom is 0.255 e. The van der Waals surface area contributed by atoms with E-state index in [0.29, 0.717) is 27.0 Å². The Balaban J connectivity index is 2.23. The van der Waals surface area contributed by atoms with Crippen molar-refractivity contribution < 1.29 is 4.79 Å². The summed E-state index contributed by atoms with van der Waals surface area (Å²) >= 11 is 14.0. The van der Waals surface area contributed by atoms with Crippen LogP contribution in [0.1, 0.15) is 10.4 Å². The fourth-order valence-electron chi connectivity index (χ4n) is 1.47. The molecule has 3 nitrogen and oxygen atoms in total. The molecule has 98 valence electrons. The Morgan fingerprint density at radius 1 is 1.11 bits per heavy atom. The lowest BCUT2D eigenvalue weighted by Gasteiger charge is -2.08. The van der Waals surface area contributed by atoms with Crippen LogP contribution in [-0.4, -0.2) is 5.91 Å². The lowest BCUT2D eigenvalue weighted by molar-refractivity contribution is 0.102. The van der Waals surface area contributed by atoms with Crippen LogP contribution in [0.5, 0.6) is 0 Å². The average Bonchev–Trinajstić information content (AvgIpc) is 2.36. The van der Waals surface area contributed by atoms with Gasteiger partial charge in [-0.1, -0.05) is 23.2 Å². The second kappa shape index (κ2) is 5.98. The highest BCUT2D eigenvalue weighted by molar-refractivity contribution is 14.1. The van der Waals surface area contributed by atoms with Gasteiger partial charge in [0.05, 0.1) is 21.4 Å². The molecule has 19 heavy (non-hydrogen) atoms. The summed E-state index contributed by atoms with van der Waals surface area (Å²) in [5.74, 6) is -0.286. The van der Waals surface area contributed by atoms with Gasteiger partial charge in [0.2, 0.25) is 0 Å². The van der Waals surface area contributed by atoms with Crippen molar-refractivity contribution in [2.24, 2.45) is 0 Å². The number of carbonyl (C=O) groups excluding carboxylic acids is 1. The van der Waals surface area contributed by atoms with E-state index in [4.69, 9.17) is 28.9 Å². The third-order valence-corrected chi connectivity index (χ3v) is 3.77. The van der Waals surface area contributed by atoms with Crippen molar-refractivity contribution in [1.82, 2.24) is 0 Å². The fourth-order valence-corrected chi connectivity index (χ4v) is 2.49. The van der Waals surface area contributed by atoms with Gasteiger partial charge in [-0.05, 0) is 59.0 Å². The van der Waals surface area contributed by atoms with Crippen molar-refractivity contribution in [2.75, 3.05) is 11.1 Å². The molecule has 0 aromatic heterocycles. The van der Waals surface area contributed by atoms with Crippen LogP contribution < -0.4 is 11.1 Å². The minimum atomic E-state index is -0.286. The summed E-state index contributed by atoms with van der Waals surface area (Å²) in [5, 5.41) is 3.64. The standard InChI is InChI=1S/C13H9Cl2IN2O/c14-9-3-1-7(5-11(9)17)13(19)18-12-4-2-8(16)6-10(12)15/h1-6H,17H2,(H,18,19). The van der Waals surface area contributed by atoms with Crippen molar-refractivity contribution in [3.8, 4) is 0 Å². The number of carbonyl (C=O) groups is 1. The van der Waals surface area contributed by atoms with Crippen LogP contribution in [0.2, 0.25) is 10.0 Å². The third-order valence-electron chi connectivity index (χ3n) is 2.44. The van der Waals surface area contributed by atoms with Gasteiger partial charge in [0.15, 0.2) is 0 Å². The zero-order valence-electron chi connectivity index (χ0n) is 9.58. The monoisotopic (exact) mass is 406 g/mol. The minimum absolute atomic E-state index is 0.286. The number of halogens is 3. The Kier molecular flexibility index (Phi) is 4.54. The van der Waals surface area contributed by atoms with Crippen LogP contribution in [0, 0.1) is 3.57 Å². The topological polar surface area (TPSA) is 55.1 Å². The largest absolute Gasteiger partial charge is 0.398 e. The number of benzene rings is 2. The van der Waals surface area contributed by atoms with Crippen molar-refractivity contribution >= 4 is 63.1 Å². The molecule has 0 saturated heterocycles. The van der Waals surface area contributed by atoms with Crippen molar-refractivity contribution in [1.29, 1.82) is 0 Å². The lowest BCUT2D eigenvalue weighted by atomic mass is 10.2. The second-order valence-electron chi connectivity index (χ2n) is 3.81. The Bertz CT molecular complexity index is 647. The van der Waals surface area contributed by atoms with E-state index < -0.39 is 0 Å². The lowest BCUT2D eigenvalue weighted by Crippen LogP contribution is -2.12. The number of nitrogen functional groups attached to an aromatic ring is 1. The maximum atomic E-state index is 12.0. The molecule has 1 amide bonds. The third kappa shape index (κ3) is 3.52. The quantitative estimate of drug-likeness (QED) is 0.572. The number of nitrogens with two attached hydrogens (primary N) is 1. The molecule has 2 aromatic carbocycles. The van der Waals surface area contributed by atoms with Gasteiger partial charge >= 0.3 is 0 Å². The summed E-state index contributed by atoms with van der Waals surface area (Å²) in [6, 6.07) is 10.1. The van der Waals surface area contributed by atoms with Gasteiger partial charge < -0.3 is 11.1 Å². The number of nitrogens with one attached hydrogen (secondary N) is 1. The molecular formula is C13H9Cl2IN2O. The van der Waals surface area contributed by atoms with Crippen LogP contribution in [0.4, 0.5) is 11.4 Å². The van der Waals surface area contributed by atoms with Gasteiger partial charge in [0.1, 0.15) is 0 Å². The van der Waals surface area contributed by atoms with Crippen LogP contribution in [-0.2, 0) is 0 Å². The van der Waals surface area contributed by atoms with E-state index in [1.807, 2.05) is 6.07 Å². The summed E-state index contributed by atoms with van der Waals surface area (Å²) in [7, 11) is 0. The predicted octanol–water partition coefficient (Wildman–Crippen LogP) is 4.43. The maximum absolute atomic E-state index is 12.0. The molecule has 2 rings (SSSR count). The highest BCUT2D eigenvalue weighted by Gasteiger charge is 2.10. The van der Waals surface area contributed by atoms with Crippen molar-refractivity contribution in [3.63, 3.8) is 0 Å². The zero-order valence-corrected chi connectivity index (χ0v) is 13.3. The molecule has 0 aliphatic carbocycles. The molecular weight excluding hydrogens is 398 g/mol. The normalized spacial score (nSPS) is 10.3. The van der Waals surface area contributed by atoms with E-state index in [1.165, 1.54) is 6.07 Å². The van der Waals surface area contributed by atoms with E-state index in [9.17, 15) is 4.79 Å². The van der Waals surface area contributed by atoms with Gasteiger partial charge in [-0.15, -0.1) is 0 Å². The zero-order chi connectivity index (χ0) is 14.0. The molecule has 3 N–H and O–H groups in total. The summed E-state index contributed by atoms with van der Waals surface area (Å²) in [6.45, 7) is 0. The number of hydrogen-bond donors (Lipinski definition) is 2. The molecule has 0 aliphatic heterocycles. The van der Waals surface area contributed by atoms with E-state index in [0.717, 1.165) is 3.57 Å². The van der Waals surface area contributed by atoms with E-state index in [2.05, 4.69) is 27.9 Å². The van der Waals surface area contributed by atoms with Crippen molar-refractivity contribution in [3.05, 3.63) is 55.6 Å². The molecule has 2 aromatic rings. The SMILES string of the molecule is Nc1cc(C(=O)Nc2ccc(I)cc2Cl)ccc1Cl. The van der Waals surface area contributed by atoms with Crippen LogP contribution in [0.25, 0.3) is 0 Å². The molecule has 0 atom stereocenters. The van der Waals surface area contributed by atoms with Gasteiger partial charge in [-0.3, -0.25) is 4.79 Å². The van der Waals surface area contributed by atoms with E-state index in [-0.39, 0.29) is 5.91 Å². The predicted molar refractivity (Wildman–Crippen MR) is 88.0 cm³/mol. The molecule has 0 aliphatic rings. The van der Waals surface area contributed by atoms with Gasteiger partial charge in [-0.25, -0.2) is 0 Å². The number of anilines is 2. The summed E-state index contributed by atoms with van der Waals surface area (Å²) in [4.78, 5) is 12.0. The number of hydrogen-bond acceptors (Lipinski definition) is 2. The Labute approximate surface area is 134 Å². The summed E-state index contributed by atoms with van der Waals surface area (Å²) < 4.78 is 0.997. The van der Waals surface area contributed by atoms with Crippen LogP contribution in [0.3, 0.4) is 0 Å². The number of rotatable bonds is 2. The van der Waals surface area contributed by atoms with E-state index in [1.54, 1.807) is 24.3 Å². The second-order valence-corrected chi connectivity index (χ2v) is 5.87. The molecule has 0 heterocycles. The first-order valence-corrected chi connectivity index (χ1v) is 7.12. The molecule has 0 saturated carbocycles. The number of amides is 1. The fraction of sp³-hybridized carbons (Fsp3) is 0.